The minimum atomic E-state index is -1.37. The molecule has 5 saturated heterocycles. The average Bonchev–Trinajstić information content (AvgIpc) is 3.80. The number of urea groups is 1. The van der Waals surface area contributed by atoms with Crippen LogP contribution in [0, 0.1) is 17.8 Å². The second-order valence-electron chi connectivity index (χ2n) is 14.2. The van der Waals surface area contributed by atoms with Gasteiger partial charge in [0.05, 0.1) is 24.5 Å². The van der Waals surface area contributed by atoms with Crippen molar-refractivity contribution in [3.8, 4) is 0 Å². The first-order valence-corrected chi connectivity index (χ1v) is 16.6. The first-order valence-electron chi connectivity index (χ1n) is 16.6. The lowest BCUT2D eigenvalue weighted by atomic mass is 9.72. The van der Waals surface area contributed by atoms with Crippen molar-refractivity contribution < 1.29 is 27.9 Å². The van der Waals surface area contributed by atoms with E-state index in [1.54, 1.807) is 0 Å². The molecule has 2 bridgehead atoms. The fraction of sp³-hybridized carbons (Fsp3) is 0.839. The third-order valence-electron chi connectivity index (χ3n) is 11.5. The zero-order valence-corrected chi connectivity index (χ0v) is 25.7. The van der Waals surface area contributed by atoms with Crippen LogP contribution in [0.5, 0.6) is 0 Å². The molecule has 0 spiro atoms. The van der Waals surface area contributed by atoms with Gasteiger partial charge in [0.2, 0.25) is 11.8 Å². The molecule has 0 radical (unpaired) electrons. The fourth-order valence-electron chi connectivity index (χ4n) is 9.46. The van der Waals surface area contributed by atoms with E-state index in [9.17, 15) is 14.4 Å². The molecule has 4 N–H and O–H groups in total. The number of ether oxygens (including phenoxy) is 1. The van der Waals surface area contributed by atoms with Crippen LogP contribution in [0.1, 0.15) is 52.4 Å². The van der Waals surface area contributed by atoms with Crippen LogP contribution in [0.2, 0.25) is 0 Å². The van der Waals surface area contributed by atoms with Crippen LogP contribution in [0.4, 0.5) is 13.6 Å². The summed E-state index contributed by atoms with van der Waals surface area (Å²) in [6.45, 7) is 9.40. The standard InChI is InChI=1S/C31H47F2N7O4/c1-4-24(42)38-10-11-39(21-13-20(21)38)29-16-12-18(33)27-25-17(32)6-5-7-19(25)35-23(41)14-44-22-8-9-34-26(15(2)3)28(22)40(30(16)36-27)31(43)37-29/h4,15-22,25-30,34,36H,1,5-14H2,2-3H3,(H,35,41)(H,37,43)/t16?,17?,18?,19?,20-,21?,22?,25?,26?,27?,28?,29?,30?/m1/s1. The van der Waals surface area contributed by atoms with Gasteiger partial charge >= 0.3 is 6.03 Å². The molecule has 2 saturated carbocycles. The van der Waals surface area contributed by atoms with Gasteiger partial charge in [-0.1, -0.05) is 20.4 Å². The highest BCUT2D eigenvalue weighted by molar-refractivity contribution is 5.87. The number of fused-ring (bicyclic) bond motifs is 6. The number of carbonyl (C=O) groups excluding carboxylic acids is 3. The molecule has 244 valence electrons. The van der Waals surface area contributed by atoms with Gasteiger partial charge in [-0.25, -0.2) is 13.6 Å². The van der Waals surface area contributed by atoms with E-state index in [2.05, 4.69) is 46.6 Å². The number of piperazine rings is 1. The van der Waals surface area contributed by atoms with Crippen molar-refractivity contribution in [2.45, 2.75) is 119 Å². The van der Waals surface area contributed by atoms with Crippen LogP contribution in [-0.4, -0.2) is 126 Å². The summed E-state index contributed by atoms with van der Waals surface area (Å²) in [7, 11) is 0. The van der Waals surface area contributed by atoms with E-state index in [-0.39, 0.29) is 60.8 Å². The predicted octanol–water partition coefficient (Wildman–Crippen LogP) is 0.859. The number of nitrogens with zero attached hydrogens (tertiary/aromatic N) is 3. The highest BCUT2D eigenvalue weighted by Crippen LogP contribution is 2.45. The molecule has 4 amide bonds. The Morgan fingerprint density at radius 3 is 2.64 bits per heavy atom. The second-order valence-corrected chi connectivity index (χ2v) is 14.2. The summed E-state index contributed by atoms with van der Waals surface area (Å²) in [5.74, 6) is -1.35. The normalized spacial score (nSPS) is 45.9. The van der Waals surface area contributed by atoms with Gasteiger partial charge in [-0.15, -0.1) is 0 Å². The van der Waals surface area contributed by atoms with Gasteiger partial charge in [0, 0.05) is 55.1 Å². The lowest BCUT2D eigenvalue weighted by Crippen LogP contribution is -2.80. The number of hydrogen-bond donors (Lipinski definition) is 4. The molecule has 5 heterocycles. The van der Waals surface area contributed by atoms with E-state index >= 15 is 8.78 Å². The van der Waals surface area contributed by atoms with Crippen LogP contribution in [-0.2, 0) is 14.3 Å². The zero-order chi connectivity index (χ0) is 30.9. The summed E-state index contributed by atoms with van der Waals surface area (Å²) in [6.07, 6.45) is 0.375. The summed E-state index contributed by atoms with van der Waals surface area (Å²) < 4.78 is 38.6. The minimum absolute atomic E-state index is 0.0514. The number of rotatable bonds is 3. The van der Waals surface area contributed by atoms with Crippen molar-refractivity contribution in [2.75, 3.05) is 26.2 Å². The van der Waals surface area contributed by atoms with Crippen molar-refractivity contribution in [3.63, 3.8) is 0 Å². The predicted molar refractivity (Wildman–Crippen MR) is 158 cm³/mol. The summed E-state index contributed by atoms with van der Waals surface area (Å²) in [6, 6.07) is -2.05. The van der Waals surface area contributed by atoms with Crippen molar-refractivity contribution in [1.82, 2.24) is 36.0 Å². The quantitative estimate of drug-likeness (QED) is 0.346. The Morgan fingerprint density at radius 2 is 1.86 bits per heavy atom. The number of hydrogen-bond acceptors (Lipinski definition) is 7. The van der Waals surface area contributed by atoms with Gasteiger partial charge in [0.25, 0.3) is 0 Å². The number of amides is 4. The van der Waals surface area contributed by atoms with E-state index in [0.717, 1.165) is 6.42 Å². The summed E-state index contributed by atoms with van der Waals surface area (Å²) in [5, 5.41) is 13.4. The Bertz CT molecular complexity index is 1160. The monoisotopic (exact) mass is 619 g/mol. The van der Waals surface area contributed by atoms with Crippen molar-refractivity contribution in [1.29, 1.82) is 0 Å². The summed E-state index contributed by atoms with van der Waals surface area (Å²) in [4.78, 5) is 45.8. The molecule has 5 aliphatic heterocycles. The summed E-state index contributed by atoms with van der Waals surface area (Å²) in [5.41, 5.74) is 0. The van der Waals surface area contributed by atoms with Gasteiger partial charge in [-0.2, -0.15) is 0 Å². The maximum Gasteiger partial charge on any atom is 0.320 e. The summed E-state index contributed by atoms with van der Waals surface area (Å²) >= 11 is 0. The number of halogens is 2. The molecule has 0 aromatic rings. The molecule has 2 aliphatic carbocycles. The topological polar surface area (TPSA) is 118 Å². The molecular formula is C31H47F2N7O4. The average molecular weight is 620 g/mol. The number of carbonyl (C=O) groups is 3. The Kier molecular flexibility index (Phi) is 8.12. The lowest BCUT2D eigenvalue weighted by molar-refractivity contribution is -0.141. The first kappa shape index (κ1) is 30.3. The fourth-order valence-corrected chi connectivity index (χ4v) is 9.46. The second kappa shape index (κ2) is 11.8. The van der Waals surface area contributed by atoms with E-state index < -0.39 is 54.8 Å². The lowest BCUT2D eigenvalue weighted by Gasteiger charge is -2.59. The molecule has 7 aliphatic rings. The van der Waals surface area contributed by atoms with Gasteiger partial charge in [-0.05, 0) is 57.1 Å². The van der Waals surface area contributed by atoms with Crippen molar-refractivity contribution >= 4 is 17.8 Å². The zero-order valence-electron chi connectivity index (χ0n) is 25.7. The molecule has 0 aromatic carbocycles. The Morgan fingerprint density at radius 1 is 1.05 bits per heavy atom. The molecular weight excluding hydrogens is 572 g/mol. The van der Waals surface area contributed by atoms with E-state index in [1.807, 2.05) is 9.80 Å². The molecule has 44 heavy (non-hydrogen) atoms. The largest absolute Gasteiger partial charge is 0.366 e. The van der Waals surface area contributed by atoms with Gasteiger partial charge in [-0.3, -0.25) is 19.8 Å². The minimum Gasteiger partial charge on any atom is -0.366 e. The Hall–Kier alpha value is -2.35. The molecule has 12 unspecified atom stereocenters. The van der Waals surface area contributed by atoms with Gasteiger partial charge in [0.15, 0.2) is 0 Å². The molecule has 7 rings (SSSR count). The number of piperidine rings is 2. The van der Waals surface area contributed by atoms with Crippen LogP contribution in [0.25, 0.3) is 0 Å². The Labute approximate surface area is 257 Å². The number of alkyl halides is 2. The van der Waals surface area contributed by atoms with E-state index in [1.165, 1.54) is 6.08 Å². The smallest absolute Gasteiger partial charge is 0.320 e. The maximum atomic E-state index is 16.5. The third-order valence-corrected chi connectivity index (χ3v) is 11.5. The van der Waals surface area contributed by atoms with Crippen LogP contribution >= 0.6 is 0 Å². The highest BCUT2D eigenvalue weighted by atomic mass is 19.1. The maximum absolute atomic E-state index is 16.5. The van der Waals surface area contributed by atoms with E-state index in [0.29, 0.717) is 45.3 Å². The SMILES string of the molecule is C=CC(=O)N1CCN(C2NC(=O)N3C4NC(C(F)CC24)C2C(F)CCCC2NC(=O)COC2CCNC(C(C)C)C23)C2C[C@H]21. The van der Waals surface area contributed by atoms with E-state index in [4.69, 9.17) is 4.74 Å². The number of nitrogens with one attached hydrogen (secondary N) is 4. The Balaban J connectivity index is 1.26. The van der Waals surface area contributed by atoms with Gasteiger partial charge in [0.1, 0.15) is 19.0 Å². The molecule has 13 atom stereocenters. The molecule has 13 heteroatoms. The molecule has 11 nitrogen and oxygen atoms in total. The van der Waals surface area contributed by atoms with Crippen molar-refractivity contribution in [3.05, 3.63) is 12.7 Å². The van der Waals surface area contributed by atoms with Crippen LogP contribution in [0.3, 0.4) is 0 Å². The van der Waals surface area contributed by atoms with Crippen LogP contribution < -0.4 is 21.3 Å². The third kappa shape index (κ3) is 5.11. The molecule has 7 fully saturated rings. The van der Waals surface area contributed by atoms with Crippen molar-refractivity contribution in [2.24, 2.45) is 17.8 Å². The highest BCUT2D eigenvalue weighted by Gasteiger charge is 2.60. The molecule has 0 aromatic heterocycles. The van der Waals surface area contributed by atoms with Gasteiger partial charge < -0.3 is 30.5 Å². The first-order chi connectivity index (χ1) is 21.2. The van der Waals surface area contributed by atoms with Crippen LogP contribution in [0.15, 0.2) is 12.7 Å².